The largest absolute Gasteiger partial charge is 0.258 e. The van der Waals surface area contributed by atoms with Crippen LogP contribution in [0.1, 0.15) is 64.8 Å². The molecule has 0 radical (unpaired) electrons. The number of rotatable bonds is 6. The maximum atomic E-state index is 5.80. The Bertz CT molecular complexity index is 3180. The lowest BCUT2D eigenvalue weighted by molar-refractivity contribution is 0.446. The summed E-state index contributed by atoms with van der Waals surface area (Å²) in [6.45, 7) is 2.35. The quantitative estimate of drug-likeness (QED) is 0.168. The molecule has 1 aliphatic heterocycles. The van der Waals surface area contributed by atoms with Crippen LogP contribution in [0.5, 0.6) is 0 Å². The summed E-state index contributed by atoms with van der Waals surface area (Å²) in [5, 5.41) is 0. The van der Waals surface area contributed by atoms with E-state index in [-0.39, 0.29) is 12.0 Å². The second-order valence-corrected chi connectivity index (χ2v) is 17.3. The van der Waals surface area contributed by atoms with Gasteiger partial charge in [0, 0.05) is 22.3 Å². The van der Waals surface area contributed by atoms with E-state index in [2.05, 4.69) is 195 Å². The van der Waals surface area contributed by atoms with Crippen LogP contribution in [-0.2, 0) is 5.41 Å². The lowest BCUT2D eigenvalue weighted by atomic mass is 9.70. The molecule has 304 valence electrons. The van der Waals surface area contributed by atoms with E-state index in [1.807, 2.05) is 24.3 Å². The molecule has 0 N–H and O–H groups in total. The van der Waals surface area contributed by atoms with E-state index in [0.717, 1.165) is 69.2 Å². The van der Waals surface area contributed by atoms with E-state index in [0.29, 0.717) is 5.82 Å². The number of hydrogen-bond acceptors (Lipinski definition) is 4. The predicted octanol–water partition coefficient (Wildman–Crippen LogP) is 14.2. The van der Waals surface area contributed by atoms with Gasteiger partial charge >= 0.3 is 0 Å². The average molecular weight is 821 g/mol. The van der Waals surface area contributed by atoms with Crippen LogP contribution in [0.3, 0.4) is 0 Å². The summed E-state index contributed by atoms with van der Waals surface area (Å²) in [5.74, 6) is 1.73. The standard InChI is InChI=1S/C60H44N4/c1-39-32-37-53(40-18-5-2-6-19-40)61-59(48-27-17-31-52-56(48)47-26-13-16-30-51(47)60(52)49-28-14-11-24-45(49)46-25-12-15-29-50(46)60)64-57(39)43-35-33-42(34-36-43)55-38-54(41-20-7-3-8-21-41)62-58(63-55)44-22-9-4-10-23-44/h2-31,33-36,38-39,57H,32,37H2,1H3/b61-53+,64-59-. The van der Waals surface area contributed by atoms with Crippen molar-refractivity contribution in [3.63, 3.8) is 0 Å². The SMILES string of the molecule is CC1CC/C(c2ccccc2)=N\C(c2cccc3c2-c2ccccc2C32c3ccccc3-c3ccccc32)=N/C1c1ccc(-c2cc(-c3ccccc3)nc(-c3ccccc3)n2)cc1. The number of benzene rings is 8. The minimum absolute atomic E-state index is 0.121. The van der Waals surface area contributed by atoms with Crippen LogP contribution < -0.4 is 0 Å². The summed E-state index contributed by atoms with van der Waals surface area (Å²) in [6.07, 6.45) is 1.80. The van der Waals surface area contributed by atoms with Crippen molar-refractivity contribution in [1.29, 1.82) is 0 Å². The van der Waals surface area contributed by atoms with Gasteiger partial charge in [0.05, 0.1) is 28.6 Å². The molecular weight excluding hydrogens is 777 g/mol. The van der Waals surface area contributed by atoms with Gasteiger partial charge in [0.1, 0.15) is 0 Å². The second-order valence-electron chi connectivity index (χ2n) is 17.3. The molecule has 2 heterocycles. The molecule has 0 saturated heterocycles. The average Bonchev–Trinajstić information content (AvgIpc) is 3.84. The van der Waals surface area contributed by atoms with Gasteiger partial charge in [0.2, 0.25) is 0 Å². The van der Waals surface area contributed by atoms with E-state index in [4.69, 9.17) is 20.0 Å². The third kappa shape index (κ3) is 6.12. The summed E-state index contributed by atoms with van der Waals surface area (Å²) in [6, 6.07) is 76.0. The summed E-state index contributed by atoms with van der Waals surface area (Å²) in [7, 11) is 0. The second kappa shape index (κ2) is 15.5. The van der Waals surface area contributed by atoms with Crippen molar-refractivity contribution < 1.29 is 0 Å². The van der Waals surface area contributed by atoms with E-state index in [1.54, 1.807) is 0 Å². The highest BCUT2D eigenvalue weighted by atomic mass is 15.0. The van der Waals surface area contributed by atoms with Crippen molar-refractivity contribution in [2.24, 2.45) is 15.9 Å². The molecule has 0 amide bonds. The first kappa shape index (κ1) is 37.9. The van der Waals surface area contributed by atoms with E-state index in [9.17, 15) is 0 Å². The molecule has 4 heteroatoms. The molecule has 9 aromatic rings. The lowest BCUT2D eigenvalue weighted by Gasteiger charge is -2.30. The molecule has 3 aliphatic rings. The van der Waals surface area contributed by atoms with Gasteiger partial charge in [-0.25, -0.2) is 15.0 Å². The Labute approximate surface area is 374 Å². The van der Waals surface area contributed by atoms with Crippen molar-refractivity contribution >= 4 is 11.5 Å². The van der Waals surface area contributed by atoms with Crippen molar-refractivity contribution in [3.8, 4) is 56.2 Å². The normalized spacial score (nSPS) is 18.3. The molecule has 0 bridgehead atoms. The molecule has 2 unspecified atom stereocenters. The van der Waals surface area contributed by atoms with Crippen LogP contribution in [0.2, 0.25) is 0 Å². The molecule has 4 nitrogen and oxygen atoms in total. The van der Waals surface area contributed by atoms with Crippen LogP contribution in [0.15, 0.2) is 222 Å². The van der Waals surface area contributed by atoms with Gasteiger partial charge in [-0.3, -0.25) is 4.99 Å². The first-order valence-corrected chi connectivity index (χ1v) is 22.4. The molecule has 12 rings (SSSR count). The maximum absolute atomic E-state index is 5.80. The molecule has 8 aromatic carbocycles. The van der Waals surface area contributed by atoms with Gasteiger partial charge in [0.25, 0.3) is 0 Å². The van der Waals surface area contributed by atoms with Gasteiger partial charge in [0.15, 0.2) is 11.7 Å². The first-order valence-electron chi connectivity index (χ1n) is 22.4. The lowest BCUT2D eigenvalue weighted by Crippen LogP contribution is -2.26. The van der Waals surface area contributed by atoms with Crippen molar-refractivity contribution in [2.45, 2.75) is 31.2 Å². The Balaban J connectivity index is 1.02. The van der Waals surface area contributed by atoms with Crippen molar-refractivity contribution in [1.82, 2.24) is 9.97 Å². The third-order valence-electron chi connectivity index (χ3n) is 13.6. The van der Waals surface area contributed by atoms with E-state index >= 15 is 0 Å². The van der Waals surface area contributed by atoms with Crippen LogP contribution in [-0.4, -0.2) is 21.5 Å². The maximum Gasteiger partial charge on any atom is 0.160 e. The Hall–Kier alpha value is -7.82. The van der Waals surface area contributed by atoms with Gasteiger partial charge in [-0.15, -0.1) is 0 Å². The van der Waals surface area contributed by atoms with Crippen LogP contribution in [0.4, 0.5) is 0 Å². The van der Waals surface area contributed by atoms with Crippen molar-refractivity contribution in [3.05, 3.63) is 251 Å². The van der Waals surface area contributed by atoms with Crippen molar-refractivity contribution in [2.75, 3.05) is 0 Å². The fourth-order valence-corrected chi connectivity index (χ4v) is 10.6. The predicted molar refractivity (Wildman–Crippen MR) is 262 cm³/mol. The minimum atomic E-state index is -0.451. The van der Waals surface area contributed by atoms with E-state index < -0.39 is 5.41 Å². The van der Waals surface area contributed by atoms with Gasteiger partial charge in [-0.05, 0) is 80.5 Å². The fraction of sp³-hybridized carbons (Fsp3) is 0.100. The molecule has 1 aromatic heterocycles. The van der Waals surface area contributed by atoms with Gasteiger partial charge in [-0.1, -0.05) is 213 Å². The summed E-state index contributed by atoms with van der Waals surface area (Å²) in [4.78, 5) is 21.6. The highest BCUT2D eigenvalue weighted by Gasteiger charge is 2.52. The van der Waals surface area contributed by atoms with Crippen LogP contribution in [0.25, 0.3) is 56.2 Å². The molecule has 0 fully saturated rings. The number of hydrogen-bond donors (Lipinski definition) is 0. The molecule has 0 saturated carbocycles. The zero-order valence-electron chi connectivity index (χ0n) is 35.6. The Morgan fingerprint density at radius 3 is 1.55 bits per heavy atom. The number of aromatic nitrogens is 2. The minimum Gasteiger partial charge on any atom is -0.258 e. The fourth-order valence-electron chi connectivity index (χ4n) is 10.6. The number of nitrogens with zero attached hydrogens (tertiary/aromatic N) is 4. The van der Waals surface area contributed by atoms with Crippen LogP contribution >= 0.6 is 0 Å². The monoisotopic (exact) mass is 820 g/mol. The number of amidine groups is 1. The molecule has 64 heavy (non-hydrogen) atoms. The van der Waals surface area contributed by atoms with Crippen LogP contribution in [0, 0.1) is 5.92 Å². The Morgan fingerprint density at radius 1 is 0.438 bits per heavy atom. The molecule has 2 aliphatic carbocycles. The summed E-state index contributed by atoms with van der Waals surface area (Å²) in [5.41, 5.74) is 19.2. The first-order chi connectivity index (χ1) is 31.6. The number of fused-ring (bicyclic) bond motifs is 10. The highest BCUT2D eigenvalue weighted by molar-refractivity contribution is 6.16. The third-order valence-corrected chi connectivity index (χ3v) is 13.6. The smallest absolute Gasteiger partial charge is 0.160 e. The zero-order valence-corrected chi connectivity index (χ0v) is 35.6. The highest BCUT2D eigenvalue weighted by Crippen LogP contribution is 2.63. The zero-order chi connectivity index (χ0) is 42.6. The van der Waals surface area contributed by atoms with E-state index in [1.165, 1.54) is 44.5 Å². The van der Waals surface area contributed by atoms with Gasteiger partial charge < -0.3 is 0 Å². The molecular formula is C60H44N4. The molecule has 2 atom stereocenters. The summed E-state index contributed by atoms with van der Waals surface area (Å²) >= 11 is 0. The number of aliphatic imine (C=N–C) groups is 2. The summed E-state index contributed by atoms with van der Waals surface area (Å²) < 4.78 is 0. The van der Waals surface area contributed by atoms with Gasteiger partial charge in [-0.2, -0.15) is 0 Å². The Morgan fingerprint density at radius 2 is 0.922 bits per heavy atom. The molecule has 1 spiro atoms. The topological polar surface area (TPSA) is 50.5 Å². The Kier molecular flexibility index (Phi) is 9.19.